The van der Waals surface area contributed by atoms with Crippen molar-refractivity contribution in [2.45, 2.75) is 12.5 Å². The summed E-state index contributed by atoms with van der Waals surface area (Å²) in [6.45, 7) is 1.64. The number of benzene rings is 3. The SMILES string of the molecule is CN(C)CCN(C)C(=O)c1ccc2c(c1)[C@@H](c1ccccc1F)N(c1nc(-c3nc4ccccc4o3)c(O)c(=O)n1C)CC2. The van der Waals surface area contributed by atoms with E-state index in [2.05, 4.69) is 4.98 Å². The van der Waals surface area contributed by atoms with Gasteiger partial charge in [0.15, 0.2) is 11.3 Å². The van der Waals surface area contributed by atoms with Crippen LogP contribution in [0.5, 0.6) is 5.75 Å². The van der Waals surface area contributed by atoms with Gasteiger partial charge in [-0.05, 0) is 62.0 Å². The van der Waals surface area contributed by atoms with Crippen LogP contribution < -0.4 is 10.5 Å². The van der Waals surface area contributed by atoms with Gasteiger partial charge in [-0.2, -0.15) is 0 Å². The van der Waals surface area contributed by atoms with Gasteiger partial charge in [-0.15, -0.1) is 0 Å². The van der Waals surface area contributed by atoms with Crippen LogP contribution in [0.4, 0.5) is 10.3 Å². The number of carbonyl (C=O) groups is 1. The Kier molecular flexibility index (Phi) is 7.64. The number of likely N-dealkylation sites (N-methyl/N-ethyl adjacent to an activating group) is 2. The van der Waals surface area contributed by atoms with Gasteiger partial charge in [-0.1, -0.05) is 36.4 Å². The Bertz CT molecular complexity index is 1900. The van der Waals surface area contributed by atoms with Crippen molar-refractivity contribution in [3.05, 3.63) is 105 Å². The van der Waals surface area contributed by atoms with E-state index < -0.39 is 23.2 Å². The lowest BCUT2D eigenvalue weighted by atomic mass is 9.86. The van der Waals surface area contributed by atoms with Crippen LogP contribution in [-0.4, -0.2) is 76.1 Å². The first-order valence-electron chi connectivity index (χ1n) is 14.3. The molecule has 226 valence electrons. The van der Waals surface area contributed by atoms with Crippen LogP contribution in [0.2, 0.25) is 0 Å². The monoisotopic (exact) mass is 596 g/mol. The van der Waals surface area contributed by atoms with Crippen molar-refractivity contribution >= 4 is 23.0 Å². The Hall–Kier alpha value is -5.03. The van der Waals surface area contributed by atoms with Crippen LogP contribution in [0.15, 0.2) is 75.9 Å². The summed E-state index contributed by atoms with van der Waals surface area (Å²) in [4.78, 5) is 41.5. The standard InChI is InChI=1S/C33H33FN6O4/c1-37(2)17-18-38(3)31(42)21-14-13-20-15-16-40(28(23(20)19-21)22-9-5-6-10-24(22)34)33-36-27(29(41)32(43)39(33)4)30-35-25-11-7-8-12-26(25)44-30/h5-14,19,28,41H,15-18H2,1-4H3/t28-/m1/s1. The molecule has 2 aromatic heterocycles. The van der Waals surface area contributed by atoms with Crippen molar-refractivity contribution in [3.63, 3.8) is 0 Å². The zero-order valence-corrected chi connectivity index (χ0v) is 25.0. The van der Waals surface area contributed by atoms with Crippen molar-refractivity contribution in [1.29, 1.82) is 0 Å². The Morgan fingerprint density at radius 3 is 2.52 bits per heavy atom. The number of hydrogen-bond acceptors (Lipinski definition) is 8. The van der Waals surface area contributed by atoms with Crippen molar-refractivity contribution in [2.24, 2.45) is 7.05 Å². The molecule has 44 heavy (non-hydrogen) atoms. The first-order valence-corrected chi connectivity index (χ1v) is 14.3. The molecule has 1 aliphatic heterocycles. The van der Waals surface area contributed by atoms with E-state index in [0.717, 1.165) is 11.1 Å². The van der Waals surface area contributed by atoms with Gasteiger partial charge in [-0.3, -0.25) is 14.2 Å². The molecule has 0 radical (unpaired) electrons. The fourth-order valence-corrected chi connectivity index (χ4v) is 5.63. The fourth-order valence-electron chi connectivity index (χ4n) is 5.63. The summed E-state index contributed by atoms with van der Waals surface area (Å²) in [7, 11) is 7.17. The molecule has 3 aromatic carbocycles. The van der Waals surface area contributed by atoms with Gasteiger partial charge in [-0.25, -0.2) is 14.4 Å². The minimum Gasteiger partial charge on any atom is -0.501 e. The number of amides is 1. The number of aromatic nitrogens is 3. The summed E-state index contributed by atoms with van der Waals surface area (Å²) in [5, 5.41) is 10.9. The minimum atomic E-state index is -0.723. The molecule has 5 aromatic rings. The molecule has 0 saturated heterocycles. The summed E-state index contributed by atoms with van der Waals surface area (Å²) >= 11 is 0. The molecular weight excluding hydrogens is 563 g/mol. The van der Waals surface area contributed by atoms with Crippen LogP contribution in [0.1, 0.15) is 33.1 Å². The molecule has 6 rings (SSSR count). The van der Waals surface area contributed by atoms with Crippen molar-refractivity contribution in [1.82, 2.24) is 24.3 Å². The summed E-state index contributed by atoms with van der Waals surface area (Å²) in [6, 6.07) is 18.4. The van der Waals surface area contributed by atoms with Gasteiger partial charge in [0.1, 0.15) is 11.3 Å². The van der Waals surface area contributed by atoms with E-state index in [1.165, 1.54) is 17.7 Å². The van der Waals surface area contributed by atoms with Crippen LogP contribution in [0.3, 0.4) is 0 Å². The molecule has 1 atom stereocenters. The molecule has 1 N–H and O–H groups in total. The average molecular weight is 597 g/mol. The van der Waals surface area contributed by atoms with Crippen molar-refractivity contribution in [2.75, 3.05) is 45.7 Å². The lowest BCUT2D eigenvalue weighted by Crippen LogP contribution is -2.41. The molecule has 0 spiro atoms. The molecule has 3 heterocycles. The number of fused-ring (bicyclic) bond motifs is 2. The summed E-state index contributed by atoms with van der Waals surface area (Å²) in [6.07, 6.45) is 0.556. The maximum Gasteiger partial charge on any atom is 0.297 e. The molecule has 1 amide bonds. The maximum absolute atomic E-state index is 15.6. The van der Waals surface area contributed by atoms with Crippen LogP contribution in [0, 0.1) is 5.82 Å². The van der Waals surface area contributed by atoms with Gasteiger partial charge in [0.25, 0.3) is 17.4 Å². The summed E-state index contributed by atoms with van der Waals surface area (Å²) < 4.78 is 22.7. The number of aromatic hydroxyl groups is 1. The van der Waals surface area contributed by atoms with Crippen LogP contribution in [0.25, 0.3) is 22.7 Å². The predicted molar refractivity (Wildman–Crippen MR) is 165 cm³/mol. The van der Waals surface area contributed by atoms with E-state index in [1.54, 1.807) is 60.5 Å². The van der Waals surface area contributed by atoms with E-state index in [4.69, 9.17) is 9.40 Å². The topological polar surface area (TPSA) is 108 Å². The van der Waals surface area contributed by atoms with E-state index in [-0.39, 0.29) is 23.4 Å². The number of nitrogens with zero attached hydrogens (tertiary/aromatic N) is 6. The molecule has 11 heteroatoms. The number of halogens is 1. The quantitative estimate of drug-likeness (QED) is 0.298. The largest absolute Gasteiger partial charge is 0.501 e. The zero-order valence-electron chi connectivity index (χ0n) is 25.0. The molecular formula is C33H33FN6O4. The third-order valence-electron chi connectivity index (χ3n) is 8.05. The van der Waals surface area contributed by atoms with Gasteiger partial charge in [0, 0.05) is 44.9 Å². The van der Waals surface area contributed by atoms with Gasteiger partial charge in [0.05, 0.1) is 6.04 Å². The first-order chi connectivity index (χ1) is 21.1. The highest BCUT2D eigenvalue weighted by molar-refractivity contribution is 5.94. The number of para-hydroxylation sites is 2. The number of hydrogen-bond donors (Lipinski definition) is 1. The van der Waals surface area contributed by atoms with E-state index >= 15 is 4.39 Å². The normalized spacial score (nSPS) is 14.7. The van der Waals surface area contributed by atoms with Crippen molar-refractivity contribution in [3.8, 4) is 17.3 Å². The van der Waals surface area contributed by atoms with Crippen LogP contribution >= 0.6 is 0 Å². The van der Waals surface area contributed by atoms with Gasteiger partial charge < -0.3 is 24.2 Å². The lowest BCUT2D eigenvalue weighted by molar-refractivity contribution is 0.0786. The zero-order chi connectivity index (χ0) is 31.1. The Morgan fingerprint density at radius 1 is 1.02 bits per heavy atom. The van der Waals surface area contributed by atoms with Crippen LogP contribution in [-0.2, 0) is 13.5 Å². The Labute approximate surface area is 253 Å². The Balaban J connectivity index is 1.49. The third kappa shape index (κ3) is 5.19. The fraction of sp³-hybridized carbons (Fsp3) is 0.273. The van der Waals surface area contributed by atoms with E-state index in [0.29, 0.717) is 48.3 Å². The smallest absolute Gasteiger partial charge is 0.297 e. The molecule has 0 bridgehead atoms. The second-order valence-corrected chi connectivity index (χ2v) is 11.3. The highest BCUT2D eigenvalue weighted by atomic mass is 19.1. The number of carbonyl (C=O) groups excluding carboxylic acids is 1. The summed E-state index contributed by atoms with van der Waals surface area (Å²) in [5.74, 6) is -0.984. The Morgan fingerprint density at radius 2 is 1.77 bits per heavy atom. The number of rotatable bonds is 7. The molecule has 0 fully saturated rings. The average Bonchev–Trinajstić information content (AvgIpc) is 3.46. The van der Waals surface area contributed by atoms with Gasteiger partial charge in [0.2, 0.25) is 11.7 Å². The number of anilines is 1. The molecule has 0 saturated carbocycles. The molecule has 0 unspecified atom stereocenters. The minimum absolute atomic E-state index is 0.00357. The second-order valence-electron chi connectivity index (χ2n) is 11.3. The molecule has 1 aliphatic rings. The molecule has 0 aliphatic carbocycles. The summed E-state index contributed by atoms with van der Waals surface area (Å²) in [5.41, 5.74) is 2.77. The lowest BCUT2D eigenvalue weighted by Gasteiger charge is -2.39. The first kappa shape index (κ1) is 29.1. The maximum atomic E-state index is 15.6. The second kappa shape index (κ2) is 11.6. The van der Waals surface area contributed by atoms with Gasteiger partial charge >= 0.3 is 0 Å². The van der Waals surface area contributed by atoms with E-state index in [9.17, 15) is 14.7 Å². The van der Waals surface area contributed by atoms with Crippen molar-refractivity contribution < 1.29 is 18.7 Å². The molecule has 10 nitrogen and oxygen atoms in total. The predicted octanol–water partition coefficient (Wildman–Crippen LogP) is 4.22. The highest BCUT2D eigenvalue weighted by Crippen LogP contribution is 2.40. The third-order valence-corrected chi connectivity index (χ3v) is 8.05. The number of oxazole rings is 1. The van der Waals surface area contributed by atoms with E-state index in [1.807, 2.05) is 36.0 Å². The highest BCUT2D eigenvalue weighted by Gasteiger charge is 2.35.